The second kappa shape index (κ2) is 9.13. The number of aromatic nitrogens is 2. The van der Waals surface area contributed by atoms with Crippen molar-refractivity contribution in [3.05, 3.63) is 47.8 Å². The molecule has 0 atom stereocenters. The van der Waals surface area contributed by atoms with E-state index in [0.29, 0.717) is 17.6 Å². The van der Waals surface area contributed by atoms with Crippen LogP contribution in [-0.4, -0.2) is 48.0 Å². The van der Waals surface area contributed by atoms with Crippen LogP contribution in [0, 0.1) is 0 Å². The average molecular weight is 341 g/mol. The van der Waals surface area contributed by atoms with Crippen LogP contribution in [0.1, 0.15) is 42.2 Å². The van der Waals surface area contributed by atoms with Gasteiger partial charge in [-0.1, -0.05) is 32.0 Å². The van der Waals surface area contributed by atoms with Crippen LogP contribution >= 0.6 is 0 Å². The molecule has 1 heterocycles. The Balaban J connectivity index is 2.01. The van der Waals surface area contributed by atoms with E-state index >= 15 is 0 Å². The lowest BCUT2D eigenvalue weighted by atomic mass is 10.0. The molecule has 25 heavy (non-hydrogen) atoms. The monoisotopic (exact) mass is 341 g/mol. The predicted molar refractivity (Wildman–Crippen MR) is 102 cm³/mol. The van der Waals surface area contributed by atoms with E-state index < -0.39 is 0 Å². The number of amides is 1. The standard InChI is InChI=1S/C19H27N5O/c1-14(2)15-8-5-6-9-16(15)22-18(25)17-10-12-21-19(23-17)20-11-7-13-24(3)4/h5-6,8-10,12,14H,7,11,13H2,1-4H3,(H,22,25)(H,20,21,23). The van der Waals surface area contributed by atoms with Gasteiger partial charge in [-0.25, -0.2) is 9.97 Å². The molecule has 6 heteroatoms. The normalized spacial score (nSPS) is 11.0. The average Bonchev–Trinajstić information content (AvgIpc) is 2.59. The van der Waals surface area contributed by atoms with Crippen molar-refractivity contribution >= 4 is 17.5 Å². The number of hydrogen-bond acceptors (Lipinski definition) is 5. The summed E-state index contributed by atoms with van der Waals surface area (Å²) in [5, 5.41) is 6.11. The van der Waals surface area contributed by atoms with Gasteiger partial charge in [0.15, 0.2) is 0 Å². The molecule has 1 aromatic carbocycles. The molecule has 1 amide bonds. The van der Waals surface area contributed by atoms with Gasteiger partial charge in [-0.15, -0.1) is 0 Å². The third-order valence-corrected chi connectivity index (χ3v) is 3.78. The maximum atomic E-state index is 12.5. The summed E-state index contributed by atoms with van der Waals surface area (Å²) in [4.78, 5) is 23.1. The first-order valence-corrected chi connectivity index (χ1v) is 8.59. The molecule has 1 aromatic heterocycles. The fourth-order valence-electron chi connectivity index (χ4n) is 2.47. The SMILES string of the molecule is CC(C)c1ccccc1NC(=O)c1ccnc(NCCCN(C)C)n1. The van der Waals surface area contributed by atoms with Crippen molar-refractivity contribution in [1.82, 2.24) is 14.9 Å². The Labute approximate surface area is 149 Å². The minimum atomic E-state index is -0.230. The molecule has 134 valence electrons. The van der Waals surface area contributed by atoms with Gasteiger partial charge in [0, 0.05) is 18.4 Å². The fourth-order valence-corrected chi connectivity index (χ4v) is 2.47. The Morgan fingerprint density at radius 3 is 2.68 bits per heavy atom. The van der Waals surface area contributed by atoms with Gasteiger partial charge < -0.3 is 15.5 Å². The molecule has 6 nitrogen and oxygen atoms in total. The number of nitrogens with zero attached hydrogens (tertiary/aromatic N) is 3. The Bertz CT molecular complexity index is 700. The third kappa shape index (κ3) is 5.83. The highest BCUT2D eigenvalue weighted by Gasteiger charge is 2.12. The van der Waals surface area contributed by atoms with Crippen LogP contribution in [0.4, 0.5) is 11.6 Å². The van der Waals surface area contributed by atoms with Gasteiger partial charge in [-0.05, 0) is 50.7 Å². The van der Waals surface area contributed by atoms with E-state index in [2.05, 4.69) is 39.3 Å². The number of carbonyl (C=O) groups is 1. The van der Waals surface area contributed by atoms with E-state index in [4.69, 9.17) is 0 Å². The molecule has 0 aliphatic rings. The molecular weight excluding hydrogens is 314 g/mol. The summed E-state index contributed by atoms with van der Waals surface area (Å²) < 4.78 is 0. The first kappa shape index (κ1) is 18.9. The Morgan fingerprint density at radius 2 is 1.96 bits per heavy atom. The lowest BCUT2D eigenvalue weighted by molar-refractivity contribution is 0.102. The summed E-state index contributed by atoms with van der Waals surface area (Å²) in [6.45, 7) is 5.95. The molecule has 0 spiro atoms. The van der Waals surface area contributed by atoms with Crippen molar-refractivity contribution < 1.29 is 4.79 Å². The van der Waals surface area contributed by atoms with E-state index in [0.717, 1.165) is 30.8 Å². The number of carbonyl (C=O) groups excluding carboxylic acids is 1. The highest BCUT2D eigenvalue weighted by molar-refractivity contribution is 6.03. The van der Waals surface area contributed by atoms with Gasteiger partial charge in [0.2, 0.25) is 5.95 Å². The Hall–Kier alpha value is -2.47. The third-order valence-electron chi connectivity index (χ3n) is 3.78. The molecule has 2 N–H and O–H groups in total. The van der Waals surface area contributed by atoms with Crippen molar-refractivity contribution in [3.63, 3.8) is 0 Å². The van der Waals surface area contributed by atoms with E-state index in [1.165, 1.54) is 0 Å². The van der Waals surface area contributed by atoms with Crippen LogP contribution in [-0.2, 0) is 0 Å². The van der Waals surface area contributed by atoms with E-state index in [-0.39, 0.29) is 5.91 Å². The number of nitrogens with one attached hydrogen (secondary N) is 2. The summed E-state index contributed by atoms with van der Waals surface area (Å²) in [7, 11) is 4.08. The maximum Gasteiger partial charge on any atom is 0.274 e. The smallest absolute Gasteiger partial charge is 0.274 e. The molecule has 2 aromatic rings. The molecular formula is C19H27N5O. The van der Waals surface area contributed by atoms with Crippen molar-refractivity contribution in [2.45, 2.75) is 26.2 Å². The van der Waals surface area contributed by atoms with Gasteiger partial charge >= 0.3 is 0 Å². The second-order valence-corrected chi connectivity index (χ2v) is 6.55. The molecule has 0 fully saturated rings. The van der Waals surface area contributed by atoms with Crippen LogP contribution in [0.5, 0.6) is 0 Å². The van der Waals surface area contributed by atoms with E-state index in [1.54, 1.807) is 12.3 Å². The summed E-state index contributed by atoms with van der Waals surface area (Å²) in [5.41, 5.74) is 2.28. The zero-order valence-corrected chi connectivity index (χ0v) is 15.4. The van der Waals surface area contributed by atoms with Gasteiger partial charge in [0.1, 0.15) is 5.69 Å². The van der Waals surface area contributed by atoms with Gasteiger partial charge in [0.25, 0.3) is 5.91 Å². The zero-order chi connectivity index (χ0) is 18.2. The summed E-state index contributed by atoms with van der Waals surface area (Å²) in [6.07, 6.45) is 2.58. The number of benzene rings is 1. The second-order valence-electron chi connectivity index (χ2n) is 6.55. The number of rotatable bonds is 8. The lowest BCUT2D eigenvalue weighted by Crippen LogP contribution is -2.18. The number of anilines is 2. The van der Waals surface area contributed by atoms with Gasteiger partial charge in [-0.2, -0.15) is 0 Å². The van der Waals surface area contributed by atoms with Gasteiger partial charge in [0.05, 0.1) is 0 Å². The van der Waals surface area contributed by atoms with Crippen LogP contribution in [0.25, 0.3) is 0 Å². The van der Waals surface area contributed by atoms with Crippen LogP contribution in [0.15, 0.2) is 36.5 Å². The van der Waals surface area contributed by atoms with Crippen molar-refractivity contribution in [3.8, 4) is 0 Å². The largest absolute Gasteiger partial charge is 0.354 e. The first-order valence-electron chi connectivity index (χ1n) is 8.59. The van der Waals surface area contributed by atoms with Crippen LogP contribution < -0.4 is 10.6 Å². The van der Waals surface area contributed by atoms with Crippen LogP contribution in [0.2, 0.25) is 0 Å². The van der Waals surface area contributed by atoms with E-state index in [9.17, 15) is 4.79 Å². The Morgan fingerprint density at radius 1 is 1.20 bits per heavy atom. The minimum Gasteiger partial charge on any atom is -0.354 e. The first-order chi connectivity index (χ1) is 12.0. The van der Waals surface area contributed by atoms with Crippen molar-refractivity contribution in [2.75, 3.05) is 37.8 Å². The fraction of sp³-hybridized carbons (Fsp3) is 0.421. The number of hydrogen-bond donors (Lipinski definition) is 2. The molecule has 0 saturated heterocycles. The zero-order valence-electron chi connectivity index (χ0n) is 15.4. The Kier molecular flexibility index (Phi) is 6.89. The highest BCUT2D eigenvalue weighted by atomic mass is 16.1. The quantitative estimate of drug-likeness (QED) is 0.722. The molecule has 0 aliphatic carbocycles. The highest BCUT2D eigenvalue weighted by Crippen LogP contribution is 2.24. The molecule has 0 saturated carbocycles. The molecule has 0 unspecified atom stereocenters. The maximum absolute atomic E-state index is 12.5. The topological polar surface area (TPSA) is 70.2 Å². The predicted octanol–water partition coefficient (Wildman–Crippen LogP) is 3.22. The summed E-state index contributed by atoms with van der Waals surface area (Å²) in [5.74, 6) is 0.575. The lowest BCUT2D eigenvalue weighted by Gasteiger charge is -2.13. The van der Waals surface area contributed by atoms with Crippen LogP contribution in [0.3, 0.4) is 0 Å². The number of para-hydroxylation sites is 1. The minimum absolute atomic E-state index is 0.230. The summed E-state index contributed by atoms with van der Waals surface area (Å²) in [6, 6.07) is 9.45. The van der Waals surface area contributed by atoms with E-state index in [1.807, 2.05) is 38.4 Å². The molecule has 0 bridgehead atoms. The molecule has 2 rings (SSSR count). The van der Waals surface area contributed by atoms with Crippen molar-refractivity contribution in [1.29, 1.82) is 0 Å². The molecule has 0 radical (unpaired) electrons. The van der Waals surface area contributed by atoms with Crippen molar-refractivity contribution in [2.24, 2.45) is 0 Å². The molecule has 0 aliphatic heterocycles. The summed E-state index contributed by atoms with van der Waals surface area (Å²) >= 11 is 0. The van der Waals surface area contributed by atoms with Gasteiger partial charge in [-0.3, -0.25) is 4.79 Å².